The van der Waals surface area contributed by atoms with Gasteiger partial charge in [-0.1, -0.05) is 35.7 Å². The summed E-state index contributed by atoms with van der Waals surface area (Å²) in [6.45, 7) is -0.00940. The molecule has 0 spiro atoms. The molecule has 2 rings (SSSR count). The lowest BCUT2D eigenvalue weighted by molar-refractivity contribution is -0.122. The molecule has 1 aromatic rings. The van der Waals surface area contributed by atoms with E-state index in [-0.39, 0.29) is 17.7 Å². The second-order valence-corrected chi connectivity index (χ2v) is 4.89. The summed E-state index contributed by atoms with van der Waals surface area (Å²) >= 11 is 6.86. The van der Waals surface area contributed by atoms with Gasteiger partial charge in [0.25, 0.3) is 11.1 Å². The molecule has 0 saturated carbocycles. The van der Waals surface area contributed by atoms with Crippen molar-refractivity contribution in [1.29, 1.82) is 0 Å². The molecule has 1 heterocycles. The number of amides is 2. The van der Waals surface area contributed by atoms with E-state index < -0.39 is 0 Å². The second kappa shape index (κ2) is 5.30. The average Bonchev–Trinajstić information content (AvgIpc) is 2.60. The summed E-state index contributed by atoms with van der Waals surface area (Å²) in [5.41, 5.74) is 0.699. The summed E-state index contributed by atoms with van der Waals surface area (Å²) in [6, 6.07) is 7.10. The van der Waals surface area contributed by atoms with E-state index in [1.54, 1.807) is 24.3 Å². The average molecular weight is 278 g/mol. The van der Waals surface area contributed by atoms with Crippen LogP contribution in [0.1, 0.15) is 5.56 Å². The number of hydrogen-bond acceptors (Lipinski definition) is 3. The first-order chi connectivity index (χ1) is 8.63. The van der Waals surface area contributed by atoms with Gasteiger partial charge >= 0.3 is 0 Å². The quantitative estimate of drug-likeness (QED) is 0.616. The minimum Gasteiger partial charge on any atom is -0.268 e. The van der Waals surface area contributed by atoms with Gasteiger partial charge in [0.05, 0.1) is 11.4 Å². The van der Waals surface area contributed by atoms with E-state index in [1.165, 1.54) is 0 Å². The summed E-state index contributed by atoms with van der Waals surface area (Å²) in [5.74, 6) is 1.91. The van der Waals surface area contributed by atoms with E-state index in [1.807, 2.05) is 6.07 Å². The van der Waals surface area contributed by atoms with E-state index >= 15 is 0 Å². The maximum absolute atomic E-state index is 11.9. The Kier molecular flexibility index (Phi) is 3.75. The standard InChI is InChI=1S/C13H8ClNO2S/c1-2-7-15-12(16)11(18-13(15)17)8-9-5-3-4-6-10(9)14/h1,3-6,8H,7H2/b11-8-. The van der Waals surface area contributed by atoms with Crippen LogP contribution in [0.3, 0.4) is 0 Å². The molecule has 1 fully saturated rings. The zero-order chi connectivity index (χ0) is 13.1. The monoisotopic (exact) mass is 277 g/mol. The maximum atomic E-state index is 11.9. The number of thioether (sulfide) groups is 1. The smallest absolute Gasteiger partial charge is 0.268 e. The number of hydrogen-bond donors (Lipinski definition) is 0. The number of terminal acetylenes is 1. The van der Waals surface area contributed by atoms with Crippen LogP contribution in [0, 0.1) is 12.3 Å². The Morgan fingerprint density at radius 1 is 1.39 bits per heavy atom. The predicted octanol–water partition coefficient (Wildman–Crippen LogP) is 3.01. The Morgan fingerprint density at radius 2 is 2.11 bits per heavy atom. The number of carbonyl (C=O) groups excluding carboxylic acids is 2. The Hall–Kier alpha value is -1.70. The lowest BCUT2D eigenvalue weighted by atomic mass is 10.2. The fraction of sp³-hybridized carbons (Fsp3) is 0.0769. The van der Waals surface area contributed by atoms with Crippen LogP contribution in [0.5, 0.6) is 0 Å². The number of halogens is 1. The van der Waals surface area contributed by atoms with Crippen LogP contribution in [0.4, 0.5) is 4.79 Å². The van der Waals surface area contributed by atoms with Crippen LogP contribution < -0.4 is 0 Å². The molecule has 0 atom stereocenters. The van der Waals surface area contributed by atoms with Crippen molar-refractivity contribution in [2.45, 2.75) is 0 Å². The van der Waals surface area contributed by atoms with Crippen molar-refractivity contribution in [3.63, 3.8) is 0 Å². The Labute approximate surface area is 114 Å². The summed E-state index contributed by atoms with van der Waals surface area (Å²) in [6.07, 6.45) is 6.71. The third-order valence-electron chi connectivity index (χ3n) is 2.31. The number of rotatable bonds is 2. The van der Waals surface area contributed by atoms with Crippen molar-refractivity contribution in [3.05, 3.63) is 39.8 Å². The normalized spacial score (nSPS) is 17.3. The van der Waals surface area contributed by atoms with Crippen molar-refractivity contribution < 1.29 is 9.59 Å². The first-order valence-corrected chi connectivity index (χ1v) is 6.26. The van der Waals surface area contributed by atoms with Crippen LogP contribution in [0.25, 0.3) is 6.08 Å². The fourth-order valence-corrected chi connectivity index (χ4v) is 2.48. The van der Waals surface area contributed by atoms with Crippen molar-refractivity contribution >= 4 is 40.6 Å². The van der Waals surface area contributed by atoms with E-state index in [0.29, 0.717) is 15.5 Å². The Morgan fingerprint density at radius 3 is 2.78 bits per heavy atom. The van der Waals surface area contributed by atoms with E-state index in [2.05, 4.69) is 5.92 Å². The minimum atomic E-state index is -0.372. The second-order valence-electron chi connectivity index (χ2n) is 3.49. The third-order valence-corrected chi connectivity index (χ3v) is 3.57. The van der Waals surface area contributed by atoms with Crippen LogP contribution in [0.15, 0.2) is 29.2 Å². The molecule has 1 aliphatic heterocycles. The first kappa shape index (κ1) is 12.7. The molecular weight excluding hydrogens is 270 g/mol. The maximum Gasteiger partial charge on any atom is 0.294 e. The molecule has 0 radical (unpaired) electrons. The highest BCUT2D eigenvalue weighted by atomic mass is 35.5. The van der Waals surface area contributed by atoms with Gasteiger partial charge in [0.15, 0.2) is 0 Å². The predicted molar refractivity (Wildman–Crippen MR) is 73.0 cm³/mol. The molecule has 18 heavy (non-hydrogen) atoms. The van der Waals surface area contributed by atoms with Crippen molar-refractivity contribution in [1.82, 2.24) is 4.90 Å². The van der Waals surface area contributed by atoms with Crippen LogP contribution in [0.2, 0.25) is 5.02 Å². The molecule has 3 nitrogen and oxygen atoms in total. The summed E-state index contributed by atoms with van der Waals surface area (Å²) < 4.78 is 0. The van der Waals surface area contributed by atoms with Crippen LogP contribution >= 0.6 is 23.4 Å². The molecular formula is C13H8ClNO2S. The Balaban J connectivity index is 2.32. The lowest BCUT2D eigenvalue weighted by Gasteiger charge is -2.06. The number of imide groups is 1. The van der Waals surface area contributed by atoms with Gasteiger partial charge in [-0.15, -0.1) is 6.42 Å². The van der Waals surface area contributed by atoms with Gasteiger partial charge in [0.1, 0.15) is 0 Å². The largest absolute Gasteiger partial charge is 0.294 e. The molecule has 1 saturated heterocycles. The van der Waals surface area contributed by atoms with Gasteiger partial charge in [-0.2, -0.15) is 0 Å². The lowest BCUT2D eigenvalue weighted by Crippen LogP contribution is -2.28. The Bertz CT molecular complexity index is 589. The summed E-state index contributed by atoms with van der Waals surface area (Å²) in [7, 11) is 0. The van der Waals surface area contributed by atoms with Gasteiger partial charge in [-0.3, -0.25) is 14.5 Å². The highest BCUT2D eigenvalue weighted by molar-refractivity contribution is 8.18. The fourth-order valence-electron chi connectivity index (χ4n) is 1.46. The molecule has 0 N–H and O–H groups in total. The zero-order valence-electron chi connectivity index (χ0n) is 9.22. The van der Waals surface area contributed by atoms with Gasteiger partial charge in [0.2, 0.25) is 0 Å². The molecule has 90 valence electrons. The first-order valence-electron chi connectivity index (χ1n) is 5.07. The molecule has 5 heteroatoms. The van der Waals surface area contributed by atoms with Crippen LogP contribution in [-0.4, -0.2) is 22.6 Å². The highest BCUT2D eigenvalue weighted by Crippen LogP contribution is 2.32. The minimum absolute atomic E-state index is 0.00940. The molecule has 0 unspecified atom stereocenters. The van der Waals surface area contributed by atoms with Crippen molar-refractivity contribution in [2.75, 3.05) is 6.54 Å². The molecule has 1 aromatic carbocycles. The topological polar surface area (TPSA) is 37.4 Å². The number of nitrogens with zero attached hydrogens (tertiary/aromatic N) is 1. The molecule has 0 bridgehead atoms. The van der Waals surface area contributed by atoms with E-state index in [0.717, 1.165) is 16.7 Å². The molecule has 0 aliphatic carbocycles. The van der Waals surface area contributed by atoms with E-state index in [9.17, 15) is 9.59 Å². The molecule has 1 aliphatic rings. The van der Waals surface area contributed by atoms with Gasteiger partial charge in [-0.25, -0.2) is 0 Å². The highest BCUT2D eigenvalue weighted by Gasteiger charge is 2.34. The van der Waals surface area contributed by atoms with Crippen molar-refractivity contribution in [2.24, 2.45) is 0 Å². The molecule has 0 aromatic heterocycles. The van der Waals surface area contributed by atoms with E-state index in [4.69, 9.17) is 18.0 Å². The third kappa shape index (κ3) is 2.42. The van der Waals surface area contributed by atoms with Crippen molar-refractivity contribution in [3.8, 4) is 12.3 Å². The molecule has 2 amide bonds. The number of carbonyl (C=O) groups is 2. The number of benzene rings is 1. The zero-order valence-corrected chi connectivity index (χ0v) is 10.8. The van der Waals surface area contributed by atoms with Gasteiger partial charge < -0.3 is 0 Å². The summed E-state index contributed by atoms with van der Waals surface area (Å²) in [5, 5.41) is 0.178. The summed E-state index contributed by atoms with van der Waals surface area (Å²) in [4.78, 5) is 24.8. The van der Waals surface area contributed by atoms with Crippen LogP contribution in [-0.2, 0) is 4.79 Å². The SMILES string of the molecule is C#CCN1C(=O)S/C(=C\c2ccccc2Cl)C1=O. The van der Waals surface area contributed by atoms with Gasteiger partial charge in [0, 0.05) is 5.02 Å². The van der Waals surface area contributed by atoms with Gasteiger partial charge in [-0.05, 0) is 29.5 Å².